The molecule has 1 aromatic rings. The fourth-order valence-corrected chi connectivity index (χ4v) is 4.64. The molecule has 0 unspecified atom stereocenters. The zero-order valence-electron chi connectivity index (χ0n) is 13.9. The second kappa shape index (κ2) is 7.42. The summed E-state index contributed by atoms with van der Waals surface area (Å²) < 4.78 is 27.6. The van der Waals surface area contributed by atoms with Crippen molar-refractivity contribution < 1.29 is 8.42 Å². The Morgan fingerprint density at radius 2 is 1.82 bits per heavy atom. The molecular weight excluding hydrogens is 294 g/mol. The lowest BCUT2D eigenvalue weighted by atomic mass is 10.0. The first kappa shape index (κ1) is 17.2. The van der Waals surface area contributed by atoms with Crippen molar-refractivity contribution in [1.29, 1.82) is 0 Å². The first-order valence-corrected chi connectivity index (χ1v) is 9.71. The third kappa shape index (κ3) is 3.79. The molecule has 1 aromatic carbocycles. The molecule has 1 heterocycles. The summed E-state index contributed by atoms with van der Waals surface area (Å²) in [6.45, 7) is 6.86. The molecule has 1 aliphatic rings. The van der Waals surface area contributed by atoms with Gasteiger partial charge in [-0.1, -0.05) is 49.6 Å². The molecule has 0 radical (unpaired) electrons. The lowest BCUT2D eigenvalue weighted by Crippen LogP contribution is -2.42. The summed E-state index contributed by atoms with van der Waals surface area (Å²) in [5, 5.41) is 0. The summed E-state index contributed by atoms with van der Waals surface area (Å²) in [6.07, 6.45) is 7.14. The topological polar surface area (TPSA) is 37.4 Å². The van der Waals surface area contributed by atoms with E-state index in [2.05, 4.69) is 19.9 Å². The molecule has 1 atom stereocenters. The SMILES string of the molecule is CCC(=C[C@@H]1CCCCN1S(=O)(=O)c1ccc(C)cc1)CC. The molecule has 3 nitrogen and oxygen atoms in total. The van der Waals surface area contributed by atoms with Crippen molar-refractivity contribution in [3.63, 3.8) is 0 Å². The molecule has 22 heavy (non-hydrogen) atoms. The second-order valence-corrected chi connectivity index (χ2v) is 7.91. The van der Waals surface area contributed by atoms with E-state index in [-0.39, 0.29) is 6.04 Å². The molecule has 1 saturated heterocycles. The first-order chi connectivity index (χ1) is 10.5. The van der Waals surface area contributed by atoms with Crippen LogP contribution in [0.2, 0.25) is 0 Å². The van der Waals surface area contributed by atoms with E-state index in [0.29, 0.717) is 11.4 Å². The van der Waals surface area contributed by atoms with Crippen LogP contribution in [0.25, 0.3) is 0 Å². The van der Waals surface area contributed by atoms with Crippen LogP contribution in [-0.4, -0.2) is 25.3 Å². The van der Waals surface area contributed by atoms with Gasteiger partial charge in [0.15, 0.2) is 0 Å². The quantitative estimate of drug-likeness (QED) is 0.759. The largest absolute Gasteiger partial charge is 0.243 e. The molecule has 0 spiro atoms. The van der Waals surface area contributed by atoms with Crippen LogP contribution in [0.3, 0.4) is 0 Å². The number of hydrogen-bond acceptors (Lipinski definition) is 2. The van der Waals surface area contributed by atoms with Crippen LogP contribution in [0.5, 0.6) is 0 Å². The first-order valence-electron chi connectivity index (χ1n) is 8.27. The highest BCUT2D eigenvalue weighted by Crippen LogP contribution is 2.27. The summed E-state index contributed by atoms with van der Waals surface area (Å²) in [7, 11) is -3.40. The van der Waals surface area contributed by atoms with Gasteiger partial charge in [-0.3, -0.25) is 0 Å². The van der Waals surface area contributed by atoms with Crippen LogP contribution >= 0.6 is 0 Å². The summed E-state index contributed by atoms with van der Waals surface area (Å²) in [5.41, 5.74) is 2.42. The van der Waals surface area contributed by atoms with Crippen LogP contribution in [0.4, 0.5) is 0 Å². The molecule has 0 amide bonds. The number of piperidine rings is 1. The van der Waals surface area contributed by atoms with Crippen LogP contribution in [-0.2, 0) is 10.0 Å². The van der Waals surface area contributed by atoms with E-state index in [0.717, 1.165) is 37.7 Å². The van der Waals surface area contributed by atoms with E-state index in [9.17, 15) is 8.42 Å². The van der Waals surface area contributed by atoms with Gasteiger partial charge in [0.2, 0.25) is 10.0 Å². The van der Waals surface area contributed by atoms with Crippen molar-refractivity contribution in [3.05, 3.63) is 41.5 Å². The molecule has 0 N–H and O–H groups in total. The van der Waals surface area contributed by atoms with Gasteiger partial charge in [-0.2, -0.15) is 4.31 Å². The van der Waals surface area contributed by atoms with Gasteiger partial charge >= 0.3 is 0 Å². The molecule has 0 saturated carbocycles. The highest BCUT2D eigenvalue weighted by Gasteiger charge is 2.32. The molecule has 4 heteroatoms. The normalized spacial score (nSPS) is 19.9. The number of sulfonamides is 1. The van der Waals surface area contributed by atoms with Gasteiger partial charge in [-0.05, 0) is 44.7 Å². The Bertz CT molecular complexity index is 611. The Hall–Kier alpha value is -1.13. The molecule has 122 valence electrons. The molecule has 1 aliphatic heterocycles. The fraction of sp³-hybridized carbons (Fsp3) is 0.556. The minimum atomic E-state index is -3.40. The average molecular weight is 321 g/mol. The van der Waals surface area contributed by atoms with Crippen molar-refractivity contribution in [2.75, 3.05) is 6.54 Å². The van der Waals surface area contributed by atoms with Gasteiger partial charge in [0.1, 0.15) is 0 Å². The molecule has 2 rings (SSSR count). The van der Waals surface area contributed by atoms with Gasteiger partial charge in [0.25, 0.3) is 0 Å². The molecule has 0 aliphatic carbocycles. The lowest BCUT2D eigenvalue weighted by Gasteiger charge is -2.33. The lowest BCUT2D eigenvalue weighted by molar-refractivity contribution is 0.290. The maximum Gasteiger partial charge on any atom is 0.243 e. The Balaban J connectivity index is 2.33. The number of nitrogens with zero attached hydrogens (tertiary/aromatic N) is 1. The second-order valence-electron chi connectivity index (χ2n) is 6.02. The van der Waals surface area contributed by atoms with Crippen LogP contribution in [0.1, 0.15) is 51.5 Å². The standard InChI is InChI=1S/C18H27NO2S/c1-4-16(5-2)14-17-8-6-7-13-19(17)22(20,21)18-11-9-15(3)10-12-18/h9-12,14,17H,4-8,13H2,1-3H3/t17-/m0/s1. The van der Waals surface area contributed by atoms with Crippen LogP contribution in [0, 0.1) is 6.92 Å². The van der Waals surface area contributed by atoms with E-state index in [4.69, 9.17) is 0 Å². The van der Waals surface area contributed by atoms with Gasteiger partial charge in [-0.25, -0.2) is 8.42 Å². The molecule has 0 bridgehead atoms. The Morgan fingerprint density at radius 3 is 2.41 bits per heavy atom. The Morgan fingerprint density at radius 1 is 1.18 bits per heavy atom. The maximum absolute atomic E-state index is 13.0. The monoisotopic (exact) mass is 321 g/mol. The fourth-order valence-electron chi connectivity index (χ4n) is 3.00. The number of allylic oxidation sites excluding steroid dienone is 1. The van der Waals surface area contributed by atoms with E-state index in [1.165, 1.54) is 5.57 Å². The molecule has 1 fully saturated rings. The van der Waals surface area contributed by atoms with Gasteiger partial charge in [0, 0.05) is 12.6 Å². The van der Waals surface area contributed by atoms with Crippen LogP contribution < -0.4 is 0 Å². The van der Waals surface area contributed by atoms with Crippen molar-refractivity contribution in [3.8, 4) is 0 Å². The number of hydrogen-bond donors (Lipinski definition) is 0. The summed E-state index contributed by atoms with van der Waals surface area (Å²) >= 11 is 0. The van der Waals surface area contributed by atoms with E-state index in [1.807, 2.05) is 19.1 Å². The van der Waals surface area contributed by atoms with Crippen molar-refractivity contribution in [2.24, 2.45) is 0 Å². The summed E-state index contributed by atoms with van der Waals surface area (Å²) in [4.78, 5) is 0.410. The predicted octanol–water partition coefficient (Wildman–Crippen LogP) is 4.28. The highest BCUT2D eigenvalue weighted by molar-refractivity contribution is 7.89. The van der Waals surface area contributed by atoms with Crippen molar-refractivity contribution >= 4 is 10.0 Å². The maximum atomic E-state index is 13.0. The smallest absolute Gasteiger partial charge is 0.207 e. The van der Waals surface area contributed by atoms with Gasteiger partial charge < -0.3 is 0 Å². The minimum Gasteiger partial charge on any atom is -0.207 e. The Kier molecular flexibility index (Phi) is 5.81. The molecular formula is C18H27NO2S. The number of aryl methyl sites for hydroxylation is 1. The molecule has 0 aromatic heterocycles. The van der Waals surface area contributed by atoms with Gasteiger partial charge in [0.05, 0.1) is 4.90 Å². The highest BCUT2D eigenvalue weighted by atomic mass is 32.2. The van der Waals surface area contributed by atoms with E-state index in [1.54, 1.807) is 16.4 Å². The zero-order valence-corrected chi connectivity index (χ0v) is 14.7. The van der Waals surface area contributed by atoms with Gasteiger partial charge in [-0.15, -0.1) is 0 Å². The zero-order chi connectivity index (χ0) is 16.2. The number of benzene rings is 1. The van der Waals surface area contributed by atoms with Crippen molar-refractivity contribution in [1.82, 2.24) is 4.31 Å². The number of rotatable bonds is 5. The summed E-state index contributed by atoms with van der Waals surface area (Å²) in [6, 6.07) is 7.19. The third-order valence-electron chi connectivity index (χ3n) is 4.46. The predicted molar refractivity (Wildman–Crippen MR) is 91.4 cm³/mol. The average Bonchev–Trinajstić information content (AvgIpc) is 2.53. The van der Waals surface area contributed by atoms with Crippen molar-refractivity contribution in [2.45, 2.75) is 63.8 Å². The summed E-state index contributed by atoms with van der Waals surface area (Å²) in [5.74, 6) is 0. The van der Waals surface area contributed by atoms with E-state index >= 15 is 0 Å². The van der Waals surface area contributed by atoms with E-state index < -0.39 is 10.0 Å². The minimum absolute atomic E-state index is 0.00922. The third-order valence-corrected chi connectivity index (χ3v) is 6.40. The van der Waals surface area contributed by atoms with Crippen LogP contribution in [0.15, 0.2) is 40.8 Å². The Labute approximate surface area is 135 Å².